The van der Waals surface area contributed by atoms with E-state index in [1.807, 2.05) is 6.07 Å². The Kier molecular flexibility index (Phi) is 7.27. The largest absolute Gasteiger partial charge is 0.495 e. The van der Waals surface area contributed by atoms with E-state index in [2.05, 4.69) is 10.0 Å². The van der Waals surface area contributed by atoms with Crippen LogP contribution < -0.4 is 14.8 Å². The number of sulfonamides is 1. The highest BCUT2D eigenvalue weighted by Gasteiger charge is 2.28. The smallest absolute Gasteiger partial charge is 0.245 e. The van der Waals surface area contributed by atoms with Gasteiger partial charge in [-0.2, -0.15) is 4.72 Å². The van der Waals surface area contributed by atoms with Gasteiger partial charge in [-0.3, -0.25) is 4.79 Å². The van der Waals surface area contributed by atoms with Crippen molar-refractivity contribution in [2.75, 3.05) is 12.4 Å². The number of hydrogen-bond acceptors (Lipinski definition) is 4. The van der Waals surface area contributed by atoms with E-state index in [0.29, 0.717) is 5.56 Å². The third kappa shape index (κ3) is 5.72. The number of anilines is 1. The standard InChI is InChI=1S/C24H25FN2O4S/c1-16-9-12-22(31-3)23(13-16)32(29,30)27-21(14-18-7-5-4-6-8-18)24(28)26-20-15-19(25)11-10-17(20)2/h4-13,15,21,27H,14H2,1-3H3,(H,26,28)/t21-/m0/s1. The van der Waals surface area contributed by atoms with Gasteiger partial charge in [-0.25, -0.2) is 12.8 Å². The molecular weight excluding hydrogens is 431 g/mol. The molecule has 8 heteroatoms. The molecule has 0 aliphatic carbocycles. The molecule has 168 valence electrons. The highest BCUT2D eigenvalue weighted by Crippen LogP contribution is 2.25. The Labute approximate surface area is 187 Å². The van der Waals surface area contributed by atoms with Crippen LogP contribution in [-0.2, 0) is 21.2 Å². The van der Waals surface area contributed by atoms with Gasteiger partial charge in [-0.15, -0.1) is 0 Å². The molecule has 2 N–H and O–H groups in total. The molecule has 3 aromatic carbocycles. The molecule has 3 rings (SSSR count). The number of amides is 1. The van der Waals surface area contributed by atoms with Crippen LogP contribution in [0.25, 0.3) is 0 Å². The summed E-state index contributed by atoms with van der Waals surface area (Å²) >= 11 is 0. The molecule has 1 amide bonds. The van der Waals surface area contributed by atoms with E-state index in [4.69, 9.17) is 4.74 Å². The lowest BCUT2D eigenvalue weighted by atomic mass is 10.1. The first-order chi connectivity index (χ1) is 15.2. The first kappa shape index (κ1) is 23.4. The molecule has 1 atom stereocenters. The van der Waals surface area contributed by atoms with Gasteiger partial charge in [0.05, 0.1) is 7.11 Å². The number of carbonyl (C=O) groups excluding carboxylic acids is 1. The summed E-state index contributed by atoms with van der Waals surface area (Å²) in [5, 5.41) is 2.65. The lowest BCUT2D eigenvalue weighted by molar-refractivity contribution is -0.117. The lowest BCUT2D eigenvalue weighted by Gasteiger charge is -2.20. The van der Waals surface area contributed by atoms with Crippen molar-refractivity contribution in [1.82, 2.24) is 4.72 Å². The first-order valence-electron chi connectivity index (χ1n) is 9.97. The quantitative estimate of drug-likeness (QED) is 0.537. The zero-order valence-electron chi connectivity index (χ0n) is 18.1. The Morgan fingerprint density at radius 2 is 1.75 bits per heavy atom. The van der Waals surface area contributed by atoms with Gasteiger partial charge in [-0.1, -0.05) is 42.5 Å². The van der Waals surface area contributed by atoms with Crippen molar-refractivity contribution in [3.05, 3.63) is 89.2 Å². The number of halogens is 1. The van der Waals surface area contributed by atoms with Crippen molar-refractivity contribution >= 4 is 21.6 Å². The molecule has 6 nitrogen and oxygen atoms in total. The predicted molar refractivity (Wildman–Crippen MR) is 122 cm³/mol. The van der Waals surface area contributed by atoms with Gasteiger partial charge >= 0.3 is 0 Å². The fraction of sp³-hybridized carbons (Fsp3) is 0.208. The third-order valence-corrected chi connectivity index (χ3v) is 6.46. The minimum Gasteiger partial charge on any atom is -0.495 e. The molecule has 0 heterocycles. The van der Waals surface area contributed by atoms with Crippen LogP contribution in [0.3, 0.4) is 0 Å². The molecule has 32 heavy (non-hydrogen) atoms. The Morgan fingerprint density at radius 3 is 2.44 bits per heavy atom. The van der Waals surface area contributed by atoms with Crippen molar-refractivity contribution in [1.29, 1.82) is 0 Å². The van der Waals surface area contributed by atoms with E-state index >= 15 is 0 Å². The molecule has 0 radical (unpaired) electrons. The topological polar surface area (TPSA) is 84.5 Å². The molecule has 0 unspecified atom stereocenters. The number of benzene rings is 3. The van der Waals surface area contributed by atoms with Crippen LogP contribution in [0.2, 0.25) is 0 Å². The Balaban J connectivity index is 1.95. The molecule has 0 aromatic heterocycles. The summed E-state index contributed by atoms with van der Waals surface area (Å²) < 4.78 is 47.8. The molecule has 0 bridgehead atoms. The second-order valence-electron chi connectivity index (χ2n) is 7.47. The van der Waals surface area contributed by atoms with E-state index in [9.17, 15) is 17.6 Å². The normalized spacial score (nSPS) is 12.2. The van der Waals surface area contributed by atoms with Gasteiger partial charge < -0.3 is 10.1 Å². The van der Waals surface area contributed by atoms with Crippen molar-refractivity contribution in [2.24, 2.45) is 0 Å². The molecule has 0 saturated heterocycles. The van der Waals surface area contributed by atoms with Gasteiger partial charge in [0.25, 0.3) is 0 Å². The summed E-state index contributed by atoms with van der Waals surface area (Å²) in [5.74, 6) is -0.934. The van der Waals surface area contributed by atoms with Crippen LogP contribution >= 0.6 is 0 Å². The molecule has 0 spiro atoms. The number of aryl methyl sites for hydroxylation is 2. The Morgan fingerprint density at radius 1 is 1.03 bits per heavy atom. The van der Waals surface area contributed by atoms with Crippen LogP contribution in [0.4, 0.5) is 10.1 Å². The second-order valence-corrected chi connectivity index (χ2v) is 9.15. The van der Waals surface area contributed by atoms with Crippen LogP contribution in [0.15, 0.2) is 71.6 Å². The second kappa shape index (κ2) is 9.93. The Bertz CT molecular complexity index is 1210. The van der Waals surface area contributed by atoms with E-state index in [0.717, 1.165) is 11.1 Å². The maximum atomic E-state index is 13.7. The van der Waals surface area contributed by atoms with Crippen molar-refractivity contribution in [2.45, 2.75) is 31.2 Å². The minimum atomic E-state index is -4.11. The zero-order chi connectivity index (χ0) is 23.3. The first-order valence-corrected chi connectivity index (χ1v) is 11.5. The number of nitrogens with one attached hydrogen (secondary N) is 2. The number of carbonyl (C=O) groups is 1. The van der Waals surface area contributed by atoms with Gasteiger partial charge in [0.1, 0.15) is 22.5 Å². The van der Waals surface area contributed by atoms with Crippen molar-refractivity contribution < 1.29 is 22.3 Å². The summed E-state index contributed by atoms with van der Waals surface area (Å²) in [4.78, 5) is 13.1. The van der Waals surface area contributed by atoms with Gasteiger partial charge in [0, 0.05) is 5.69 Å². The monoisotopic (exact) mass is 456 g/mol. The minimum absolute atomic E-state index is 0.0622. The van der Waals surface area contributed by atoms with E-state index < -0.39 is 27.8 Å². The van der Waals surface area contributed by atoms with E-state index in [1.165, 1.54) is 25.3 Å². The van der Waals surface area contributed by atoms with Crippen LogP contribution in [0, 0.1) is 19.7 Å². The number of hydrogen-bond donors (Lipinski definition) is 2. The van der Waals surface area contributed by atoms with E-state index in [-0.39, 0.29) is 22.8 Å². The SMILES string of the molecule is COc1ccc(C)cc1S(=O)(=O)N[C@@H](Cc1ccccc1)C(=O)Nc1cc(F)ccc1C. The van der Waals surface area contributed by atoms with Gasteiger partial charge in [0.2, 0.25) is 15.9 Å². The van der Waals surface area contributed by atoms with E-state index in [1.54, 1.807) is 56.3 Å². The van der Waals surface area contributed by atoms with Crippen LogP contribution in [0.5, 0.6) is 5.75 Å². The lowest BCUT2D eigenvalue weighted by Crippen LogP contribution is -2.45. The fourth-order valence-electron chi connectivity index (χ4n) is 3.23. The molecule has 0 aliphatic heterocycles. The number of ether oxygens (including phenoxy) is 1. The zero-order valence-corrected chi connectivity index (χ0v) is 18.9. The highest BCUT2D eigenvalue weighted by molar-refractivity contribution is 7.89. The predicted octanol–water partition coefficient (Wildman–Crippen LogP) is 3.98. The van der Waals surface area contributed by atoms with Crippen LogP contribution in [-0.4, -0.2) is 27.5 Å². The molecule has 0 aliphatic rings. The van der Waals surface area contributed by atoms with Crippen LogP contribution in [0.1, 0.15) is 16.7 Å². The highest BCUT2D eigenvalue weighted by atomic mass is 32.2. The fourth-order valence-corrected chi connectivity index (χ4v) is 4.68. The van der Waals surface area contributed by atoms with Gasteiger partial charge in [-0.05, 0) is 61.2 Å². The molecular formula is C24H25FN2O4S. The Hall–Kier alpha value is -3.23. The molecule has 0 fully saturated rings. The maximum Gasteiger partial charge on any atom is 0.245 e. The number of methoxy groups -OCH3 is 1. The summed E-state index contributed by atoms with van der Waals surface area (Å²) in [6.07, 6.45) is 0.106. The molecule has 3 aromatic rings. The maximum absolute atomic E-state index is 13.7. The summed E-state index contributed by atoms with van der Waals surface area (Å²) in [6, 6.07) is 16.7. The van der Waals surface area contributed by atoms with Gasteiger partial charge in [0.15, 0.2) is 0 Å². The summed E-state index contributed by atoms with van der Waals surface area (Å²) in [6.45, 7) is 3.49. The van der Waals surface area contributed by atoms with Crippen molar-refractivity contribution in [3.63, 3.8) is 0 Å². The van der Waals surface area contributed by atoms with Crippen molar-refractivity contribution in [3.8, 4) is 5.75 Å². The summed E-state index contributed by atoms with van der Waals surface area (Å²) in [5.41, 5.74) is 2.43. The summed E-state index contributed by atoms with van der Waals surface area (Å²) in [7, 11) is -2.73. The average molecular weight is 457 g/mol. The third-order valence-electron chi connectivity index (χ3n) is 4.96. The number of rotatable bonds is 8. The molecule has 0 saturated carbocycles. The average Bonchev–Trinajstić information content (AvgIpc) is 2.76.